The van der Waals surface area contributed by atoms with Crippen LogP contribution < -0.4 is 5.56 Å². The van der Waals surface area contributed by atoms with Crippen molar-refractivity contribution in [3.05, 3.63) is 75.5 Å². The van der Waals surface area contributed by atoms with E-state index in [1.54, 1.807) is 43.9 Å². The largest absolute Gasteiger partial charge is 0.345 e. The Kier molecular flexibility index (Phi) is 6.50. The third kappa shape index (κ3) is 4.25. The minimum absolute atomic E-state index is 0.120. The highest BCUT2D eigenvalue weighted by molar-refractivity contribution is 5.95. The molecular weight excluding hydrogens is 343 g/mol. The van der Waals surface area contributed by atoms with Gasteiger partial charge in [-0.05, 0) is 44.5 Å². The van der Waals surface area contributed by atoms with Crippen LogP contribution in [-0.2, 0) is 6.54 Å². The molecule has 1 aromatic carbocycles. The summed E-state index contributed by atoms with van der Waals surface area (Å²) in [5, 5.41) is 0. The van der Waals surface area contributed by atoms with Gasteiger partial charge in [-0.1, -0.05) is 24.3 Å². The molecule has 142 valence electrons. The summed E-state index contributed by atoms with van der Waals surface area (Å²) in [7, 11) is 3.30. The van der Waals surface area contributed by atoms with Gasteiger partial charge in [0.25, 0.3) is 11.5 Å². The first-order valence-electron chi connectivity index (χ1n) is 8.81. The molecule has 0 fully saturated rings. The highest BCUT2D eigenvalue weighted by Gasteiger charge is 2.17. The number of hydrogen-bond acceptors (Lipinski definition) is 2. The molecule has 27 heavy (non-hydrogen) atoms. The van der Waals surface area contributed by atoms with Gasteiger partial charge in [0.05, 0.1) is 0 Å². The predicted molar refractivity (Wildman–Crippen MR) is 108 cm³/mol. The second-order valence-corrected chi connectivity index (χ2v) is 6.50. The fourth-order valence-corrected chi connectivity index (χ4v) is 2.89. The first kappa shape index (κ1) is 20.4. The normalized spacial score (nSPS) is 11.5. The van der Waals surface area contributed by atoms with E-state index in [1.165, 1.54) is 17.0 Å². The standard InChI is InChI=1S/C22H25FN2O2/c1-6-8-12-25-14-19(17(9-7-2)15(3)21(25)26)18-13-16(10-11-20(18)23)22(27)24(4)5/h6-11,13-14H,12H2,1-5H3/b8-6+,9-7-. The van der Waals surface area contributed by atoms with E-state index in [0.29, 0.717) is 34.4 Å². The third-order valence-corrected chi connectivity index (χ3v) is 4.34. The van der Waals surface area contributed by atoms with Gasteiger partial charge in [-0.15, -0.1) is 0 Å². The van der Waals surface area contributed by atoms with Gasteiger partial charge in [-0.25, -0.2) is 4.39 Å². The molecule has 0 aliphatic heterocycles. The summed E-state index contributed by atoms with van der Waals surface area (Å²) in [6.07, 6.45) is 8.99. The number of amides is 1. The first-order valence-corrected chi connectivity index (χ1v) is 8.81. The average molecular weight is 368 g/mol. The van der Waals surface area contributed by atoms with Crippen LogP contribution in [0.1, 0.15) is 35.3 Å². The summed E-state index contributed by atoms with van der Waals surface area (Å²) in [5.41, 5.74) is 2.36. The third-order valence-electron chi connectivity index (χ3n) is 4.34. The zero-order chi connectivity index (χ0) is 20.1. The highest BCUT2D eigenvalue weighted by Crippen LogP contribution is 2.29. The molecule has 4 nitrogen and oxygen atoms in total. The van der Waals surface area contributed by atoms with Crippen LogP contribution in [0.4, 0.5) is 4.39 Å². The Morgan fingerprint density at radius 2 is 1.89 bits per heavy atom. The van der Waals surface area contributed by atoms with Crippen LogP contribution in [0.5, 0.6) is 0 Å². The van der Waals surface area contributed by atoms with Crippen LogP contribution in [0.2, 0.25) is 0 Å². The number of hydrogen-bond donors (Lipinski definition) is 0. The van der Waals surface area contributed by atoms with Gasteiger partial charge in [0, 0.05) is 49.1 Å². The smallest absolute Gasteiger partial charge is 0.254 e. The lowest BCUT2D eigenvalue weighted by molar-refractivity contribution is 0.0827. The van der Waals surface area contributed by atoms with Crippen molar-refractivity contribution in [3.8, 4) is 11.1 Å². The minimum atomic E-state index is -0.438. The second kappa shape index (κ2) is 8.62. The molecule has 0 unspecified atom stereocenters. The molecule has 0 atom stereocenters. The summed E-state index contributed by atoms with van der Waals surface area (Å²) in [5.74, 6) is -0.644. The van der Waals surface area contributed by atoms with Crippen molar-refractivity contribution in [1.82, 2.24) is 9.47 Å². The van der Waals surface area contributed by atoms with E-state index < -0.39 is 5.82 Å². The molecule has 5 heteroatoms. The Balaban J connectivity index is 2.80. The van der Waals surface area contributed by atoms with Gasteiger partial charge in [-0.2, -0.15) is 0 Å². The zero-order valence-corrected chi connectivity index (χ0v) is 16.4. The molecule has 1 aromatic heterocycles. The molecule has 0 aliphatic rings. The summed E-state index contributed by atoms with van der Waals surface area (Å²) in [6, 6.07) is 4.31. The van der Waals surface area contributed by atoms with E-state index >= 15 is 0 Å². The zero-order valence-electron chi connectivity index (χ0n) is 16.4. The SMILES string of the molecule is C/C=C\c1c(-c2cc(C(=O)N(C)C)ccc2F)cn(C/C=C/C)c(=O)c1C. The number of aromatic nitrogens is 1. The van der Waals surface area contributed by atoms with Crippen LogP contribution in [0.15, 0.2) is 47.4 Å². The Bertz CT molecular complexity index is 969. The maximum atomic E-state index is 14.7. The fourth-order valence-electron chi connectivity index (χ4n) is 2.89. The van der Waals surface area contributed by atoms with Crippen molar-refractivity contribution in [1.29, 1.82) is 0 Å². The molecule has 0 bridgehead atoms. The molecule has 1 heterocycles. The quantitative estimate of drug-likeness (QED) is 0.740. The van der Waals surface area contributed by atoms with Crippen LogP contribution >= 0.6 is 0 Å². The Hall–Kier alpha value is -2.95. The van der Waals surface area contributed by atoms with Crippen LogP contribution in [-0.4, -0.2) is 29.5 Å². The van der Waals surface area contributed by atoms with Gasteiger partial charge < -0.3 is 9.47 Å². The molecule has 0 spiro atoms. The molecule has 0 N–H and O–H groups in total. The minimum Gasteiger partial charge on any atom is -0.345 e. The number of allylic oxidation sites excluding steroid dienone is 3. The van der Waals surface area contributed by atoms with Crippen molar-refractivity contribution in [3.63, 3.8) is 0 Å². The molecule has 2 rings (SSSR count). The lowest BCUT2D eigenvalue weighted by Gasteiger charge is -2.16. The monoisotopic (exact) mass is 368 g/mol. The first-order chi connectivity index (χ1) is 12.8. The number of carbonyl (C=O) groups excluding carboxylic acids is 1. The number of benzene rings is 1. The van der Waals surface area contributed by atoms with E-state index in [1.807, 2.05) is 32.1 Å². The van der Waals surface area contributed by atoms with Crippen LogP contribution in [0.3, 0.4) is 0 Å². The Morgan fingerprint density at radius 3 is 2.48 bits per heavy atom. The van der Waals surface area contributed by atoms with Crippen LogP contribution in [0.25, 0.3) is 17.2 Å². The maximum Gasteiger partial charge on any atom is 0.254 e. The molecule has 0 saturated heterocycles. The lowest BCUT2D eigenvalue weighted by atomic mass is 9.95. The van der Waals surface area contributed by atoms with E-state index in [2.05, 4.69) is 0 Å². The van der Waals surface area contributed by atoms with E-state index in [4.69, 9.17) is 0 Å². The molecule has 0 saturated carbocycles. The van der Waals surface area contributed by atoms with Crippen molar-refractivity contribution in [2.75, 3.05) is 14.1 Å². The molecule has 2 aromatic rings. The molecule has 0 radical (unpaired) electrons. The Labute approximate surface area is 159 Å². The van der Waals surface area contributed by atoms with Gasteiger partial charge in [0.15, 0.2) is 0 Å². The Morgan fingerprint density at radius 1 is 1.19 bits per heavy atom. The fraction of sp³-hybridized carbons (Fsp3) is 0.273. The number of halogens is 1. The van der Waals surface area contributed by atoms with E-state index in [0.717, 1.165) is 0 Å². The van der Waals surface area contributed by atoms with E-state index in [9.17, 15) is 14.0 Å². The number of pyridine rings is 1. The number of nitrogens with zero attached hydrogens (tertiary/aromatic N) is 2. The van der Waals surface area contributed by atoms with Gasteiger partial charge >= 0.3 is 0 Å². The van der Waals surface area contributed by atoms with Crippen molar-refractivity contribution in [2.45, 2.75) is 27.3 Å². The summed E-state index contributed by atoms with van der Waals surface area (Å²) in [6.45, 7) is 5.86. The van der Waals surface area contributed by atoms with Gasteiger partial charge in [0.2, 0.25) is 0 Å². The molecular formula is C22H25FN2O2. The highest BCUT2D eigenvalue weighted by atomic mass is 19.1. The summed E-state index contributed by atoms with van der Waals surface area (Å²) >= 11 is 0. The average Bonchev–Trinajstić information content (AvgIpc) is 2.65. The van der Waals surface area contributed by atoms with E-state index in [-0.39, 0.29) is 11.5 Å². The molecule has 0 aliphatic carbocycles. The van der Waals surface area contributed by atoms with Crippen molar-refractivity contribution in [2.24, 2.45) is 0 Å². The summed E-state index contributed by atoms with van der Waals surface area (Å²) in [4.78, 5) is 26.4. The number of rotatable bonds is 5. The number of carbonyl (C=O) groups is 1. The lowest BCUT2D eigenvalue weighted by Crippen LogP contribution is -2.23. The topological polar surface area (TPSA) is 42.3 Å². The van der Waals surface area contributed by atoms with Gasteiger partial charge in [0.1, 0.15) is 5.82 Å². The summed E-state index contributed by atoms with van der Waals surface area (Å²) < 4.78 is 16.3. The predicted octanol–water partition coefficient (Wildman–Crippen LogP) is 4.27. The van der Waals surface area contributed by atoms with Crippen molar-refractivity contribution >= 4 is 12.0 Å². The van der Waals surface area contributed by atoms with Gasteiger partial charge in [-0.3, -0.25) is 9.59 Å². The van der Waals surface area contributed by atoms with Crippen molar-refractivity contribution < 1.29 is 9.18 Å². The second-order valence-electron chi connectivity index (χ2n) is 6.50. The molecule has 1 amide bonds. The van der Waals surface area contributed by atoms with Crippen LogP contribution in [0, 0.1) is 12.7 Å². The maximum absolute atomic E-state index is 14.7.